The lowest BCUT2D eigenvalue weighted by molar-refractivity contribution is -0.384. The van der Waals surface area contributed by atoms with Crippen LogP contribution in [0.5, 0.6) is 5.75 Å². The van der Waals surface area contributed by atoms with Crippen molar-refractivity contribution in [3.8, 4) is 5.75 Å². The molecule has 0 spiro atoms. The highest BCUT2D eigenvalue weighted by molar-refractivity contribution is 7.93. The minimum absolute atomic E-state index is 0.000111. The molecule has 1 fully saturated rings. The number of carbonyl (C=O) groups is 2. The van der Waals surface area contributed by atoms with Gasteiger partial charge in [-0.15, -0.1) is 0 Å². The smallest absolute Gasteiger partial charge is 0.338 e. The average molecular weight is 449 g/mol. The van der Waals surface area contributed by atoms with Crippen molar-refractivity contribution in [2.24, 2.45) is 0 Å². The zero-order chi connectivity index (χ0) is 22.8. The molecule has 0 saturated carbocycles. The van der Waals surface area contributed by atoms with Gasteiger partial charge in [0.15, 0.2) is 0 Å². The predicted molar refractivity (Wildman–Crippen MR) is 111 cm³/mol. The lowest BCUT2D eigenvalue weighted by atomic mass is 10.1. The highest BCUT2D eigenvalue weighted by Crippen LogP contribution is 2.32. The number of hydrogen-bond acceptors (Lipinski definition) is 8. The van der Waals surface area contributed by atoms with Crippen LogP contribution in [0.15, 0.2) is 36.4 Å². The molecule has 164 valence electrons. The molecule has 2 aromatic carbocycles. The van der Waals surface area contributed by atoms with E-state index >= 15 is 0 Å². The summed E-state index contributed by atoms with van der Waals surface area (Å²) < 4.78 is 30.3. The summed E-state index contributed by atoms with van der Waals surface area (Å²) >= 11 is 0. The number of non-ortho nitro benzene ring substituents is 1. The first kappa shape index (κ1) is 22.0. The Morgan fingerprint density at radius 3 is 2.55 bits per heavy atom. The second-order valence-electron chi connectivity index (χ2n) is 6.64. The maximum atomic E-state index is 12.7. The number of nitrogens with zero attached hydrogens (tertiary/aromatic N) is 2. The van der Waals surface area contributed by atoms with Crippen LogP contribution in [0.2, 0.25) is 0 Å². The molecule has 1 aliphatic rings. The second-order valence-corrected chi connectivity index (χ2v) is 8.66. The number of nitro groups is 1. The average Bonchev–Trinajstić information content (AvgIpc) is 3.08. The number of esters is 1. The Bertz CT molecular complexity index is 1160. The van der Waals surface area contributed by atoms with Gasteiger partial charge in [-0.05, 0) is 37.6 Å². The van der Waals surface area contributed by atoms with E-state index < -0.39 is 32.5 Å². The molecule has 1 heterocycles. The minimum atomic E-state index is -3.47. The van der Waals surface area contributed by atoms with Crippen LogP contribution in [0.1, 0.15) is 34.1 Å². The van der Waals surface area contributed by atoms with E-state index in [9.17, 15) is 33.2 Å². The Morgan fingerprint density at radius 2 is 1.94 bits per heavy atom. The van der Waals surface area contributed by atoms with Crippen LogP contribution in [0.25, 0.3) is 0 Å². The third-order valence-corrected chi connectivity index (χ3v) is 6.39. The summed E-state index contributed by atoms with van der Waals surface area (Å²) in [6, 6.07) is 7.03. The van der Waals surface area contributed by atoms with E-state index in [-0.39, 0.29) is 47.2 Å². The van der Waals surface area contributed by atoms with Gasteiger partial charge >= 0.3 is 5.97 Å². The van der Waals surface area contributed by atoms with Crippen molar-refractivity contribution >= 4 is 39.0 Å². The number of hydrogen-bond donors (Lipinski definition) is 2. The number of phenols is 1. The highest BCUT2D eigenvalue weighted by Gasteiger charge is 2.29. The molecule has 0 aliphatic carbocycles. The number of aromatic hydroxyl groups is 1. The van der Waals surface area contributed by atoms with Crippen molar-refractivity contribution in [1.29, 1.82) is 0 Å². The molecular formula is C19H19N3O8S. The molecule has 0 bridgehead atoms. The number of amides is 1. The van der Waals surface area contributed by atoms with E-state index in [0.717, 1.165) is 18.2 Å². The summed E-state index contributed by atoms with van der Waals surface area (Å²) in [5.41, 5.74) is -0.708. The molecule has 1 aliphatic heterocycles. The third kappa shape index (κ3) is 4.74. The Kier molecular flexibility index (Phi) is 6.11. The van der Waals surface area contributed by atoms with Crippen molar-refractivity contribution in [2.75, 3.05) is 28.5 Å². The van der Waals surface area contributed by atoms with Crippen LogP contribution in [0.4, 0.5) is 17.1 Å². The first-order valence-corrected chi connectivity index (χ1v) is 10.8. The Labute approximate surface area is 177 Å². The van der Waals surface area contributed by atoms with Crippen LogP contribution in [-0.2, 0) is 14.8 Å². The molecule has 0 unspecified atom stereocenters. The van der Waals surface area contributed by atoms with Crippen LogP contribution in [-0.4, -0.2) is 49.2 Å². The number of benzene rings is 2. The first-order chi connectivity index (χ1) is 14.6. The number of sulfonamides is 1. The minimum Gasteiger partial charge on any atom is -0.506 e. The molecule has 0 atom stereocenters. The SMILES string of the molecule is CCOC(=O)c1cc(C(=O)Nc2cc(N3CCCS3(=O)=O)ccc2O)cc([N+](=O)[O-])c1. The van der Waals surface area contributed by atoms with Gasteiger partial charge < -0.3 is 15.2 Å². The third-order valence-electron chi connectivity index (χ3n) is 4.52. The summed E-state index contributed by atoms with van der Waals surface area (Å²) in [6.45, 7) is 1.89. The van der Waals surface area contributed by atoms with E-state index in [1.165, 1.54) is 22.5 Å². The predicted octanol–water partition coefficient (Wildman–Crippen LogP) is 2.27. The van der Waals surface area contributed by atoms with Crippen LogP contribution < -0.4 is 9.62 Å². The molecule has 2 aromatic rings. The summed E-state index contributed by atoms with van der Waals surface area (Å²) in [4.78, 5) is 35.1. The fraction of sp³-hybridized carbons (Fsp3) is 0.263. The van der Waals surface area contributed by atoms with Gasteiger partial charge in [-0.25, -0.2) is 13.2 Å². The van der Waals surface area contributed by atoms with Gasteiger partial charge in [-0.2, -0.15) is 0 Å². The molecule has 1 amide bonds. The quantitative estimate of drug-likeness (QED) is 0.294. The van der Waals surface area contributed by atoms with Gasteiger partial charge in [-0.1, -0.05) is 0 Å². The van der Waals surface area contributed by atoms with Crippen LogP contribution >= 0.6 is 0 Å². The monoisotopic (exact) mass is 449 g/mol. The van der Waals surface area contributed by atoms with E-state index in [4.69, 9.17) is 4.74 Å². The Hall–Kier alpha value is -3.67. The molecule has 0 aromatic heterocycles. The molecular weight excluding hydrogens is 430 g/mol. The van der Waals surface area contributed by atoms with Crippen molar-refractivity contribution in [1.82, 2.24) is 0 Å². The largest absolute Gasteiger partial charge is 0.506 e. The van der Waals surface area contributed by atoms with E-state index in [1.54, 1.807) is 6.92 Å². The zero-order valence-corrected chi connectivity index (χ0v) is 17.2. The van der Waals surface area contributed by atoms with Gasteiger partial charge in [-0.3, -0.25) is 19.2 Å². The Morgan fingerprint density at radius 1 is 1.23 bits per heavy atom. The van der Waals surface area contributed by atoms with Gasteiger partial charge in [0.2, 0.25) is 10.0 Å². The number of rotatable bonds is 6. The van der Waals surface area contributed by atoms with Crippen molar-refractivity contribution in [3.05, 3.63) is 57.6 Å². The van der Waals surface area contributed by atoms with Crippen LogP contribution in [0, 0.1) is 10.1 Å². The van der Waals surface area contributed by atoms with Crippen molar-refractivity contribution < 1.29 is 32.8 Å². The summed E-state index contributed by atoms with van der Waals surface area (Å²) in [5, 5.41) is 23.7. The van der Waals surface area contributed by atoms with Gasteiger partial charge in [0.1, 0.15) is 5.75 Å². The number of nitro benzene ring substituents is 1. The van der Waals surface area contributed by atoms with E-state index in [1.807, 2.05) is 0 Å². The molecule has 12 heteroatoms. The lowest BCUT2D eigenvalue weighted by Crippen LogP contribution is -2.25. The number of nitrogens with one attached hydrogen (secondary N) is 1. The molecule has 1 saturated heterocycles. The molecule has 2 N–H and O–H groups in total. The molecule has 31 heavy (non-hydrogen) atoms. The first-order valence-electron chi connectivity index (χ1n) is 9.24. The standard InChI is InChI=1S/C19H19N3O8S/c1-2-30-19(25)13-8-12(9-15(10-13)22(26)27)18(24)20-16-11-14(4-5-17(16)23)21-6-3-7-31(21,28)29/h4-5,8-11,23H,2-3,6-7H2,1H3,(H,20,24). The topological polar surface area (TPSA) is 156 Å². The summed E-state index contributed by atoms with van der Waals surface area (Å²) in [6.07, 6.45) is 0.454. The maximum Gasteiger partial charge on any atom is 0.338 e. The number of ether oxygens (including phenoxy) is 1. The van der Waals surface area contributed by atoms with Gasteiger partial charge in [0.25, 0.3) is 11.6 Å². The second kappa shape index (κ2) is 8.60. The van der Waals surface area contributed by atoms with Gasteiger partial charge in [0.05, 0.1) is 34.2 Å². The number of carbonyl (C=O) groups excluding carboxylic acids is 2. The fourth-order valence-electron chi connectivity index (χ4n) is 3.08. The molecule has 3 rings (SSSR count). The van der Waals surface area contributed by atoms with Crippen molar-refractivity contribution in [2.45, 2.75) is 13.3 Å². The maximum absolute atomic E-state index is 12.7. The van der Waals surface area contributed by atoms with Crippen LogP contribution in [0.3, 0.4) is 0 Å². The Balaban J connectivity index is 1.93. The highest BCUT2D eigenvalue weighted by atomic mass is 32.2. The molecule has 0 radical (unpaired) electrons. The summed E-state index contributed by atoms with van der Waals surface area (Å²) in [7, 11) is -3.47. The zero-order valence-electron chi connectivity index (χ0n) is 16.4. The lowest BCUT2D eigenvalue weighted by Gasteiger charge is -2.18. The van der Waals surface area contributed by atoms with E-state index in [2.05, 4.69) is 5.32 Å². The number of phenolic OH excluding ortho intramolecular Hbond substituents is 1. The van der Waals surface area contributed by atoms with Gasteiger partial charge in [0, 0.05) is 24.2 Å². The summed E-state index contributed by atoms with van der Waals surface area (Å²) in [5.74, 6) is -2.00. The number of anilines is 2. The normalized spacial score (nSPS) is 14.8. The van der Waals surface area contributed by atoms with Crippen molar-refractivity contribution in [3.63, 3.8) is 0 Å². The fourth-order valence-corrected chi connectivity index (χ4v) is 4.64. The van der Waals surface area contributed by atoms with E-state index in [0.29, 0.717) is 6.42 Å². The molecule has 11 nitrogen and oxygen atoms in total.